The van der Waals surface area contributed by atoms with E-state index in [2.05, 4.69) is 22.2 Å². The number of nitrogens with one attached hydrogen (secondary N) is 1. The van der Waals surface area contributed by atoms with E-state index >= 15 is 0 Å². The van der Waals surface area contributed by atoms with E-state index in [1.165, 1.54) is 0 Å². The Morgan fingerprint density at radius 2 is 2.31 bits per heavy atom. The van der Waals surface area contributed by atoms with Crippen molar-refractivity contribution in [3.63, 3.8) is 0 Å². The van der Waals surface area contributed by atoms with Crippen molar-refractivity contribution in [3.05, 3.63) is 30.6 Å². The van der Waals surface area contributed by atoms with Gasteiger partial charge in [-0.1, -0.05) is 6.07 Å². The first-order valence-electron chi connectivity index (χ1n) is 5.15. The molecule has 2 aromatic heterocycles. The molecule has 2 heterocycles. The highest BCUT2D eigenvalue weighted by Gasteiger charge is 2.03. The van der Waals surface area contributed by atoms with Gasteiger partial charge in [0.2, 0.25) is 0 Å². The number of pyridine rings is 1. The summed E-state index contributed by atoms with van der Waals surface area (Å²) in [6.07, 6.45) is 3.72. The largest absolute Gasteiger partial charge is 0.370 e. The smallest absolute Gasteiger partial charge is 0.174 e. The van der Waals surface area contributed by atoms with Crippen LogP contribution in [-0.2, 0) is 7.05 Å². The van der Waals surface area contributed by atoms with Crippen molar-refractivity contribution in [2.24, 2.45) is 7.05 Å². The minimum atomic E-state index is 0.878. The second-order valence-corrected chi connectivity index (χ2v) is 4.30. The lowest BCUT2D eigenvalue weighted by Crippen LogP contribution is -1.99. The zero-order chi connectivity index (χ0) is 11.4. The predicted octanol–water partition coefficient (Wildman–Crippen LogP) is 2.40. The zero-order valence-corrected chi connectivity index (χ0v) is 10.2. The number of aryl methyl sites for hydroxylation is 1. The Bertz CT molecular complexity index is 467. The van der Waals surface area contributed by atoms with Crippen LogP contribution in [0.5, 0.6) is 0 Å². The van der Waals surface area contributed by atoms with Gasteiger partial charge in [0.25, 0.3) is 0 Å². The van der Waals surface area contributed by atoms with E-state index in [-0.39, 0.29) is 0 Å². The molecule has 0 fully saturated rings. The van der Waals surface area contributed by atoms with E-state index in [9.17, 15) is 0 Å². The maximum atomic E-state index is 4.48. The van der Waals surface area contributed by atoms with Crippen LogP contribution in [0.1, 0.15) is 6.92 Å². The highest BCUT2D eigenvalue weighted by Crippen LogP contribution is 2.24. The maximum absolute atomic E-state index is 4.48. The highest BCUT2D eigenvalue weighted by molar-refractivity contribution is 7.99. The van der Waals surface area contributed by atoms with Gasteiger partial charge in [0, 0.05) is 26.0 Å². The summed E-state index contributed by atoms with van der Waals surface area (Å²) in [6.45, 7) is 2.93. The Balaban J connectivity index is 2.15. The molecule has 4 nitrogen and oxygen atoms in total. The molecule has 0 radical (unpaired) electrons. The number of hydrogen-bond acceptors (Lipinski definition) is 4. The van der Waals surface area contributed by atoms with Gasteiger partial charge in [0.15, 0.2) is 5.16 Å². The number of aromatic nitrogens is 3. The Kier molecular flexibility index (Phi) is 3.46. The Morgan fingerprint density at radius 1 is 1.44 bits per heavy atom. The van der Waals surface area contributed by atoms with Gasteiger partial charge in [-0.2, -0.15) is 0 Å². The van der Waals surface area contributed by atoms with E-state index in [1.807, 2.05) is 36.0 Å². The molecular formula is C11H14N4S. The van der Waals surface area contributed by atoms with Gasteiger partial charge in [0.1, 0.15) is 10.8 Å². The van der Waals surface area contributed by atoms with Crippen molar-refractivity contribution in [1.29, 1.82) is 0 Å². The predicted molar refractivity (Wildman–Crippen MR) is 65.7 cm³/mol. The molecule has 2 aromatic rings. The van der Waals surface area contributed by atoms with E-state index in [4.69, 9.17) is 0 Å². The van der Waals surface area contributed by atoms with Crippen LogP contribution in [0.15, 0.2) is 40.8 Å². The van der Waals surface area contributed by atoms with Crippen LogP contribution < -0.4 is 5.32 Å². The Morgan fingerprint density at radius 3 is 3.00 bits per heavy atom. The fourth-order valence-electron chi connectivity index (χ4n) is 1.30. The third-order valence-corrected chi connectivity index (χ3v) is 3.07. The van der Waals surface area contributed by atoms with Crippen LogP contribution >= 0.6 is 11.8 Å². The molecule has 2 rings (SSSR count). The van der Waals surface area contributed by atoms with Crippen molar-refractivity contribution in [3.8, 4) is 0 Å². The molecule has 0 saturated carbocycles. The van der Waals surface area contributed by atoms with Crippen LogP contribution in [-0.4, -0.2) is 21.1 Å². The standard InChI is InChI=1S/C11H14N4S/c1-3-12-9-5-4-6-10(14-9)16-11-13-7-8-15(11)2/h4-8H,3H2,1-2H3,(H,12,14). The molecule has 0 atom stereocenters. The van der Waals surface area contributed by atoms with E-state index < -0.39 is 0 Å². The summed E-state index contributed by atoms with van der Waals surface area (Å²) in [4.78, 5) is 8.73. The summed E-state index contributed by atoms with van der Waals surface area (Å²) in [7, 11) is 1.98. The lowest BCUT2D eigenvalue weighted by molar-refractivity contribution is 0.788. The van der Waals surface area contributed by atoms with Crippen molar-refractivity contribution in [1.82, 2.24) is 14.5 Å². The minimum Gasteiger partial charge on any atom is -0.370 e. The van der Waals surface area contributed by atoms with Gasteiger partial charge < -0.3 is 9.88 Å². The van der Waals surface area contributed by atoms with Crippen LogP contribution in [0.25, 0.3) is 0 Å². The number of anilines is 1. The molecule has 0 aliphatic rings. The SMILES string of the molecule is CCNc1cccc(Sc2nccn2C)n1. The molecule has 0 aliphatic heterocycles. The Labute approximate surface area is 99.1 Å². The van der Waals surface area contributed by atoms with Gasteiger partial charge in [0.05, 0.1) is 0 Å². The average molecular weight is 234 g/mol. The molecular weight excluding hydrogens is 220 g/mol. The van der Waals surface area contributed by atoms with Crippen molar-refractivity contribution >= 4 is 17.6 Å². The first kappa shape index (κ1) is 11.0. The second kappa shape index (κ2) is 5.03. The number of rotatable bonds is 4. The quantitative estimate of drug-likeness (QED) is 0.882. The van der Waals surface area contributed by atoms with E-state index in [0.29, 0.717) is 0 Å². The summed E-state index contributed by atoms with van der Waals surface area (Å²) in [6, 6.07) is 5.95. The lowest BCUT2D eigenvalue weighted by atomic mass is 10.4. The average Bonchev–Trinajstić information content (AvgIpc) is 2.66. The summed E-state index contributed by atoms with van der Waals surface area (Å²) in [5.41, 5.74) is 0. The summed E-state index contributed by atoms with van der Waals surface area (Å²) < 4.78 is 1.98. The molecule has 0 aliphatic carbocycles. The van der Waals surface area contributed by atoms with Crippen LogP contribution in [0.4, 0.5) is 5.82 Å². The fraction of sp³-hybridized carbons (Fsp3) is 0.273. The third kappa shape index (κ3) is 2.55. The molecule has 0 spiro atoms. The first-order valence-corrected chi connectivity index (χ1v) is 5.97. The van der Waals surface area contributed by atoms with Crippen molar-refractivity contribution in [2.45, 2.75) is 17.1 Å². The Hall–Kier alpha value is -1.49. The molecule has 84 valence electrons. The molecule has 1 N–H and O–H groups in total. The van der Waals surface area contributed by atoms with Crippen molar-refractivity contribution < 1.29 is 0 Å². The van der Waals surface area contributed by atoms with Crippen LogP contribution in [0.2, 0.25) is 0 Å². The number of hydrogen-bond donors (Lipinski definition) is 1. The molecule has 0 bridgehead atoms. The monoisotopic (exact) mass is 234 g/mol. The molecule has 0 aromatic carbocycles. The van der Waals surface area contributed by atoms with E-state index in [1.54, 1.807) is 18.0 Å². The number of nitrogens with zero attached hydrogens (tertiary/aromatic N) is 3. The topological polar surface area (TPSA) is 42.7 Å². The van der Waals surface area contributed by atoms with Gasteiger partial charge in [-0.25, -0.2) is 9.97 Å². The summed E-state index contributed by atoms with van der Waals surface area (Å²) in [5.74, 6) is 0.904. The van der Waals surface area contributed by atoms with Gasteiger partial charge in [-0.05, 0) is 30.8 Å². The van der Waals surface area contributed by atoms with Crippen molar-refractivity contribution in [2.75, 3.05) is 11.9 Å². The normalized spacial score (nSPS) is 10.4. The molecule has 5 heteroatoms. The summed E-state index contributed by atoms with van der Waals surface area (Å²) >= 11 is 1.56. The van der Waals surface area contributed by atoms with Gasteiger partial charge in [-0.3, -0.25) is 0 Å². The van der Waals surface area contributed by atoms with Crippen LogP contribution in [0.3, 0.4) is 0 Å². The highest BCUT2D eigenvalue weighted by atomic mass is 32.2. The molecule has 0 amide bonds. The maximum Gasteiger partial charge on any atom is 0.174 e. The van der Waals surface area contributed by atoms with Gasteiger partial charge in [-0.15, -0.1) is 0 Å². The fourth-order valence-corrected chi connectivity index (χ4v) is 2.09. The molecule has 0 unspecified atom stereocenters. The second-order valence-electron chi connectivity index (χ2n) is 3.31. The summed E-state index contributed by atoms with van der Waals surface area (Å²) in [5, 5.41) is 5.09. The molecule has 16 heavy (non-hydrogen) atoms. The first-order chi connectivity index (χ1) is 7.79. The van der Waals surface area contributed by atoms with Crippen LogP contribution in [0, 0.1) is 0 Å². The molecule has 0 saturated heterocycles. The zero-order valence-electron chi connectivity index (χ0n) is 9.34. The third-order valence-electron chi connectivity index (χ3n) is 2.05. The number of imidazole rings is 1. The van der Waals surface area contributed by atoms with E-state index in [0.717, 1.165) is 22.5 Å². The minimum absolute atomic E-state index is 0.878. The van der Waals surface area contributed by atoms with Gasteiger partial charge >= 0.3 is 0 Å². The lowest BCUT2D eigenvalue weighted by Gasteiger charge is -2.04.